The Bertz CT molecular complexity index is 685. The molecule has 0 atom stereocenters. The van der Waals surface area contributed by atoms with Crippen molar-refractivity contribution < 1.29 is 9.53 Å². The minimum atomic E-state index is 0.0907. The van der Waals surface area contributed by atoms with E-state index in [1.165, 1.54) is 0 Å². The second kappa shape index (κ2) is 6.01. The van der Waals surface area contributed by atoms with Crippen molar-refractivity contribution in [3.05, 3.63) is 47.3 Å². The van der Waals surface area contributed by atoms with Crippen molar-refractivity contribution in [1.82, 2.24) is 14.9 Å². The Morgan fingerprint density at radius 1 is 1.36 bits per heavy atom. The molecule has 22 heavy (non-hydrogen) atoms. The number of nitrogen functional groups attached to an aromatic ring is 1. The van der Waals surface area contributed by atoms with E-state index in [2.05, 4.69) is 9.97 Å². The van der Waals surface area contributed by atoms with Crippen LogP contribution in [0, 0.1) is 0 Å². The van der Waals surface area contributed by atoms with E-state index in [1.807, 2.05) is 29.2 Å². The average Bonchev–Trinajstić information content (AvgIpc) is 2.54. The highest BCUT2D eigenvalue weighted by Gasteiger charge is 2.22. The van der Waals surface area contributed by atoms with E-state index in [0.29, 0.717) is 19.5 Å². The van der Waals surface area contributed by atoms with Crippen LogP contribution in [-0.4, -0.2) is 34.4 Å². The fraction of sp³-hybridized carbons (Fsp3) is 0.312. The van der Waals surface area contributed by atoms with Crippen molar-refractivity contribution in [2.45, 2.75) is 19.4 Å². The lowest BCUT2D eigenvalue weighted by atomic mass is 10.1. The minimum absolute atomic E-state index is 0.0907. The van der Waals surface area contributed by atoms with Crippen LogP contribution in [0.1, 0.15) is 16.8 Å². The first-order valence-corrected chi connectivity index (χ1v) is 7.16. The molecule has 1 aromatic heterocycles. The Hall–Kier alpha value is -2.63. The summed E-state index contributed by atoms with van der Waals surface area (Å²) in [5.41, 5.74) is 8.51. The summed E-state index contributed by atoms with van der Waals surface area (Å²) >= 11 is 0. The van der Waals surface area contributed by atoms with E-state index in [9.17, 15) is 4.79 Å². The lowest BCUT2D eigenvalue weighted by Crippen LogP contribution is -2.37. The summed E-state index contributed by atoms with van der Waals surface area (Å²) in [5, 5.41) is 0. The Kier molecular flexibility index (Phi) is 3.91. The first-order valence-electron chi connectivity index (χ1n) is 7.16. The molecule has 1 aromatic carbocycles. The number of hydrogen-bond acceptors (Lipinski definition) is 5. The van der Waals surface area contributed by atoms with Gasteiger partial charge < -0.3 is 15.4 Å². The molecule has 0 saturated heterocycles. The molecule has 1 aliphatic heterocycles. The largest absolute Gasteiger partial charge is 0.497 e. The van der Waals surface area contributed by atoms with Crippen LogP contribution in [-0.2, 0) is 24.2 Å². The molecule has 6 nitrogen and oxygen atoms in total. The van der Waals surface area contributed by atoms with E-state index in [1.54, 1.807) is 13.3 Å². The maximum absolute atomic E-state index is 12.4. The second-order valence-electron chi connectivity index (χ2n) is 5.29. The van der Waals surface area contributed by atoms with Crippen molar-refractivity contribution in [2.75, 3.05) is 19.4 Å². The molecule has 1 aliphatic rings. The molecular formula is C16H18N4O2. The molecule has 3 rings (SSSR count). The number of ether oxygens (including phenoxy) is 1. The van der Waals surface area contributed by atoms with Gasteiger partial charge in [-0.05, 0) is 29.7 Å². The van der Waals surface area contributed by atoms with E-state index in [-0.39, 0.29) is 11.9 Å². The zero-order chi connectivity index (χ0) is 15.5. The lowest BCUT2D eigenvalue weighted by molar-refractivity contribution is -0.131. The first-order chi connectivity index (χ1) is 10.7. The summed E-state index contributed by atoms with van der Waals surface area (Å²) in [5.74, 6) is 1.13. The van der Waals surface area contributed by atoms with Crippen molar-refractivity contribution >= 4 is 11.9 Å². The zero-order valence-corrected chi connectivity index (χ0v) is 12.5. The molecule has 0 aliphatic carbocycles. The summed E-state index contributed by atoms with van der Waals surface area (Å²) in [6, 6.07) is 7.55. The molecule has 0 saturated carbocycles. The normalized spacial score (nSPS) is 13.6. The van der Waals surface area contributed by atoms with Crippen LogP contribution in [0.15, 0.2) is 30.5 Å². The molecule has 114 valence electrons. The van der Waals surface area contributed by atoms with Crippen molar-refractivity contribution in [1.29, 1.82) is 0 Å². The lowest BCUT2D eigenvalue weighted by Gasteiger charge is -2.28. The van der Waals surface area contributed by atoms with Crippen molar-refractivity contribution in [3.8, 4) is 5.75 Å². The van der Waals surface area contributed by atoms with Gasteiger partial charge in [-0.1, -0.05) is 12.1 Å². The van der Waals surface area contributed by atoms with Gasteiger partial charge in [0, 0.05) is 12.7 Å². The van der Waals surface area contributed by atoms with Crippen molar-refractivity contribution in [2.24, 2.45) is 0 Å². The molecule has 1 amide bonds. The molecule has 2 N–H and O–H groups in total. The Balaban J connectivity index is 1.68. The van der Waals surface area contributed by atoms with Crippen LogP contribution in [0.3, 0.4) is 0 Å². The quantitative estimate of drug-likeness (QED) is 0.920. The summed E-state index contributed by atoms with van der Waals surface area (Å²) in [7, 11) is 1.62. The van der Waals surface area contributed by atoms with E-state index < -0.39 is 0 Å². The third-order valence-electron chi connectivity index (χ3n) is 3.83. The fourth-order valence-electron chi connectivity index (χ4n) is 2.56. The number of amides is 1. The number of rotatable bonds is 3. The highest BCUT2D eigenvalue weighted by Crippen LogP contribution is 2.18. The first kappa shape index (κ1) is 14.3. The third kappa shape index (κ3) is 3.00. The van der Waals surface area contributed by atoms with Crippen LogP contribution in [0.4, 0.5) is 5.95 Å². The molecule has 2 heterocycles. The third-order valence-corrected chi connectivity index (χ3v) is 3.83. The van der Waals surface area contributed by atoms with Gasteiger partial charge in [0.2, 0.25) is 11.9 Å². The number of carbonyl (C=O) groups is 1. The number of nitrogens with two attached hydrogens (primary N) is 1. The van der Waals surface area contributed by atoms with Crippen molar-refractivity contribution in [3.63, 3.8) is 0 Å². The molecule has 0 fully saturated rings. The van der Waals surface area contributed by atoms with E-state index >= 15 is 0 Å². The number of nitrogens with zero attached hydrogens (tertiary/aromatic N) is 3. The number of methoxy groups -OCH3 is 1. The second-order valence-corrected chi connectivity index (χ2v) is 5.29. The van der Waals surface area contributed by atoms with Crippen LogP contribution in [0.25, 0.3) is 0 Å². The average molecular weight is 298 g/mol. The van der Waals surface area contributed by atoms with Gasteiger partial charge in [-0.15, -0.1) is 0 Å². The summed E-state index contributed by atoms with van der Waals surface area (Å²) in [6.07, 6.45) is 2.90. The maximum atomic E-state index is 12.4. The Labute approximate surface area is 128 Å². The van der Waals surface area contributed by atoms with Gasteiger partial charge in [0.25, 0.3) is 0 Å². The number of carbonyl (C=O) groups excluding carboxylic acids is 1. The Morgan fingerprint density at radius 3 is 2.86 bits per heavy atom. The van der Waals surface area contributed by atoms with E-state index in [4.69, 9.17) is 10.5 Å². The monoisotopic (exact) mass is 298 g/mol. The highest BCUT2D eigenvalue weighted by molar-refractivity contribution is 5.79. The molecule has 0 unspecified atom stereocenters. The van der Waals surface area contributed by atoms with Crippen LogP contribution in [0.5, 0.6) is 5.75 Å². The standard InChI is InChI=1S/C16H18N4O2/c1-22-13-4-2-11(3-5-13)8-15(21)20-7-6-12-9-18-16(17)19-14(12)10-20/h2-5,9H,6-8,10H2,1H3,(H2,17,18,19). The topological polar surface area (TPSA) is 81.3 Å². The number of aromatic nitrogens is 2. The molecule has 0 spiro atoms. The van der Waals surface area contributed by atoms with Crippen LogP contribution in [0.2, 0.25) is 0 Å². The van der Waals surface area contributed by atoms with Gasteiger partial charge in [0.05, 0.1) is 25.8 Å². The highest BCUT2D eigenvalue weighted by atomic mass is 16.5. The number of fused-ring (bicyclic) bond motifs is 1. The number of hydrogen-bond donors (Lipinski definition) is 1. The van der Waals surface area contributed by atoms with Gasteiger partial charge in [-0.25, -0.2) is 9.97 Å². The van der Waals surface area contributed by atoms with Crippen LogP contribution < -0.4 is 10.5 Å². The summed E-state index contributed by atoms with van der Waals surface area (Å²) in [4.78, 5) is 22.5. The molecule has 6 heteroatoms. The van der Waals surface area contributed by atoms with Gasteiger partial charge in [0.15, 0.2) is 0 Å². The fourth-order valence-corrected chi connectivity index (χ4v) is 2.56. The van der Waals surface area contributed by atoms with Gasteiger partial charge in [-0.2, -0.15) is 0 Å². The minimum Gasteiger partial charge on any atom is -0.497 e. The molecule has 0 radical (unpaired) electrons. The predicted octanol–water partition coefficient (Wildman–Crippen LogP) is 1.19. The number of anilines is 1. The van der Waals surface area contributed by atoms with Gasteiger partial charge in [-0.3, -0.25) is 4.79 Å². The van der Waals surface area contributed by atoms with Gasteiger partial charge >= 0.3 is 0 Å². The van der Waals surface area contributed by atoms with Crippen LogP contribution >= 0.6 is 0 Å². The number of benzene rings is 1. The predicted molar refractivity (Wildman–Crippen MR) is 82.3 cm³/mol. The van der Waals surface area contributed by atoms with E-state index in [0.717, 1.165) is 29.0 Å². The molecule has 2 aromatic rings. The summed E-state index contributed by atoms with van der Waals surface area (Å²) in [6.45, 7) is 1.19. The maximum Gasteiger partial charge on any atom is 0.227 e. The molecular weight excluding hydrogens is 280 g/mol. The SMILES string of the molecule is COc1ccc(CC(=O)N2CCc3cnc(N)nc3C2)cc1. The van der Waals surface area contributed by atoms with Gasteiger partial charge in [0.1, 0.15) is 5.75 Å². The molecule has 0 bridgehead atoms. The Morgan fingerprint density at radius 2 is 2.14 bits per heavy atom. The smallest absolute Gasteiger partial charge is 0.227 e. The zero-order valence-electron chi connectivity index (χ0n) is 12.5. The summed E-state index contributed by atoms with van der Waals surface area (Å²) < 4.78 is 5.12.